The van der Waals surface area contributed by atoms with Crippen LogP contribution >= 0.6 is 9.69 Å². The number of hydrogen-bond acceptors (Lipinski definition) is 2. The van der Waals surface area contributed by atoms with Crippen molar-refractivity contribution in [1.82, 2.24) is 4.90 Å². The molecule has 0 aliphatic carbocycles. The summed E-state index contributed by atoms with van der Waals surface area (Å²) in [6.45, 7) is 5.54. The van der Waals surface area contributed by atoms with Crippen molar-refractivity contribution in [2.45, 2.75) is 26.4 Å². The number of rotatable bonds is 2. The van der Waals surface area contributed by atoms with Crippen LogP contribution in [0.2, 0.25) is 0 Å². The Hall–Kier alpha value is 0.183. The summed E-state index contributed by atoms with van der Waals surface area (Å²) in [4.78, 5) is 12.8. The van der Waals surface area contributed by atoms with Crippen LogP contribution in [0.3, 0.4) is 0 Å². The molecule has 5 heteroatoms. The molecule has 0 N–H and O–H groups in total. The summed E-state index contributed by atoms with van der Waals surface area (Å²) < 4.78 is 5.11. The first-order valence-electron chi connectivity index (χ1n) is 3.87. The van der Waals surface area contributed by atoms with E-state index in [-0.39, 0.29) is 6.09 Å². The predicted molar refractivity (Wildman–Crippen MR) is 44.7 cm³/mol. The van der Waals surface area contributed by atoms with E-state index < -0.39 is 21.7 Å². The van der Waals surface area contributed by atoms with Gasteiger partial charge in [0.05, 0.1) is 0 Å². The second-order valence-electron chi connectivity index (χ2n) is 3.59. The van der Waals surface area contributed by atoms with E-state index in [1.54, 1.807) is 7.05 Å². The van der Waals surface area contributed by atoms with Gasteiger partial charge < -0.3 is 0 Å². The fraction of sp³-hybridized carbons (Fsp3) is 0.857. The molecule has 0 aliphatic rings. The molecule has 0 aromatic rings. The van der Waals surface area contributed by atoms with Gasteiger partial charge in [0.15, 0.2) is 0 Å². The Morgan fingerprint density at radius 3 is 2.42 bits per heavy atom. The molecule has 0 radical (unpaired) electrons. The van der Waals surface area contributed by atoms with E-state index in [4.69, 9.17) is 14.4 Å². The molecule has 3 nitrogen and oxygen atoms in total. The van der Waals surface area contributed by atoms with E-state index in [1.165, 1.54) is 4.90 Å². The predicted octanol–water partition coefficient (Wildman–Crippen LogP) is 2.05. The van der Waals surface area contributed by atoms with Crippen molar-refractivity contribution < 1.29 is 25.7 Å². The van der Waals surface area contributed by atoms with Gasteiger partial charge in [-0.2, -0.15) is 0 Å². The molecule has 1 amide bonds. The Bertz CT molecular complexity index is 158. The first-order valence-corrected chi connectivity index (χ1v) is 9.86. The molecule has 0 aromatic carbocycles. The van der Waals surface area contributed by atoms with Crippen LogP contribution in [0.4, 0.5) is 4.79 Å². The van der Waals surface area contributed by atoms with Gasteiger partial charge in [-0.15, -0.1) is 0 Å². The molecule has 0 rings (SSSR count). The molecule has 0 bridgehead atoms. The summed E-state index contributed by atoms with van der Waals surface area (Å²) in [5.41, 5.74) is -0.412. The Morgan fingerprint density at radius 1 is 1.58 bits per heavy atom. The summed E-state index contributed by atoms with van der Waals surface area (Å²) in [6, 6.07) is 0. The van der Waals surface area contributed by atoms with Gasteiger partial charge in [0.25, 0.3) is 0 Å². The molecule has 68 valence electrons. The zero-order valence-electron chi connectivity index (χ0n) is 8.06. The van der Waals surface area contributed by atoms with Crippen LogP contribution in [0.25, 0.3) is 0 Å². The van der Waals surface area contributed by atoms with E-state index in [2.05, 4.69) is 0 Å². The van der Waals surface area contributed by atoms with Gasteiger partial charge in [-0.3, -0.25) is 0 Å². The van der Waals surface area contributed by atoms with Crippen molar-refractivity contribution in [2.75, 3.05) is 12.2 Å². The summed E-state index contributed by atoms with van der Waals surface area (Å²) in [6.07, 6.45) is -0.284. The average molecular weight is 245 g/mol. The zero-order chi connectivity index (χ0) is 9.78. The fourth-order valence-electron chi connectivity index (χ4n) is 0.558. The molecule has 0 unspecified atom stereocenters. The van der Waals surface area contributed by atoms with E-state index in [0.717, 1.165) is 0 Å². The molecular weight excluding hydrogens is 231 g/mol. The van der Waals surface area contributed by atoms with Gasteiger partial charge in [-0.25, -0.2) is 0 Å². The van der Waals surface area contributed by atoms with Crippen molar-refractivity contribution in [3.8, 4) is 0 Å². The topological polar surface area (TPSA) is 29.5 Å². The second-order valence-corrected chi connectivity index (χ2v) is 7.29. The number of ether oxygens (including phenoxy) is 1. The van der Waals surface area contributed by atoms with Crippen molar-refractivity contribution in [2.24, 2.45) is 0 Å². The molecular formula is C7H14ClNO2Zn. The minimum absolute atomic E-state index is 0.284. The van der Waals surface area contributed by atoms with Gasteiger partial charge in [-0.05, 0) is 0 Å². The van der Waals surface area contributed by atoms with Crippen LogP contribution in [0.1, 0.15) is 20.8 Å². The SMILES string of the molecule is CN([CH2][Zn][Cl])C(=O)OC(C)(C)C. The average Bonchev–Trinajstić information content (AvgIpc) is 1.84. The summed E-state index contributed by atoms with van der Waals surface area (Å²) in [5, 5.41) is 0.698. The Balaban J connectivity index is 3.87. The summed E-state index contributed by atoms with van der Waals surface area (Å²) >= 11 is -1.00. The Kier molecular flexibility index (Phi) is 5.11. The molecule has 0 aromatic heterocycles. The third kappa shape index (κ3) is 5.79. The van der Waals surface area contributed by atoms with Gasteiger partial charge >= 0.3 is 84.9 Å². The first-order chi connectivity index (χ1) is 5.37. The van der Waals surface area contributed by atoms with Gasteiger partial charge in [0.1, 0.15) is 0 Å². The van der Waals surface area contributed by atoms with Crippen LogP contribution in [-0.4, -0.2) is 28.8 Å². The van der Waals surface area contributed by atoms with E-state index >= 15 is 0 Å². The molecule has 0 spiro atoms. The number of hydrogen-bond donors (Lipinski definition) is 0. The molecule has 0 aliphatic heterocycles. The van der Waals surface area contributed by atoms with Crippen molar-refractivity contribution >= 4 is 15.8 Å². The van der Waals surface area contributed by atoms with Gasteiger partial charge in [0, 0.05) is 0 Å². The molecule has 0 saturated carbocycles. The quantitative estimate of drug-likeness (QED) is 0.696. The number of carbonyl (C=O) groups excluding carboxylic acids is 1. The normalized spacial score (nSPS) is 10.4. The molecule has 0 atom stereocenters. The fourth-order valence-corrected chi connectivity index (χ4v) is 2.79. The van der Waals surface area contributed by atoms with E-state index in [1.807, 2.05) is 20.8 Å². The molecule has 0 heterocycles. The van der Waals surface area contributed by atoms with Crippen LogP contribution < -0.4 is 0 Å². The van der Waals surface area contributed by atoms with Crippen molar-refractivity contribution in [1.29, 1.82) is 0 Å². The standard InChI is InChI=1S/C7H14NO2.ClH.Zn/c1-7(2,3)10-6(9)8(4)5;;/h4H2,1-3,5H3;1H;/q;;+1/p-1. The van der Waals surface area contributed by atoms with E-state index in [0.29, 0.717) is 5.14 Å². The first kappa shape index (κ1) is 12.2. The molecule has 12 heavy (non-hydrogen) atoms. The third-order valence-corrected chi connectivity index (χ3v) is 3.77. The zero-order valence-corrected chi connectivity index (χ0v) is 11.8. The maximum atomic E-state index is 11.2. The number of amides is 1. The number of nitrogens with zero attached hydrogens (tertiary/aromatic N) is 1. The van der Waals surface area contributed by atoms with Crippen LogP contribution in [0.15, 0.2) is 0 Å². The Morgan fingerprint density at radius 2 is 2.08 bits per heavy atom. The van der Waals surface area contributed by atoms with Crippen LogP contribution in [0, 0.1) is 0 Å². The minimum atomic E-state index is -1.00. The van der Waals surface area contributed by atoms with Crippen LogP contribution in [-0.2, 0) is 20.9 Å². The van der Waals surface area contributed by atoms with Gasteiger partial charge in [-0.1, -0.05) is 0 Å². The number of halogens is 1. The van der Waals surface area contributed by atoms with E-state index in [9.17, 15) is 4.79 Å². The Labute approximate surface area is 85.0 Å². The molecule has 0 fully saturated rings. The van der Waals surface area contributed by atoms with Crippen LogP contribution in [0.5, 0.6) is 0 Å². The number of carbonyl (C=O) groups is 1. The van der Waals surface area contributed by atoms with Crippen molar-refractivity contribution in [3.05, 3.63) is 0 Å². The van der Waals surface area contributed by atoms with Gasteiger partial charge in [0.2, 0.25) is 0 Å². The monoisotopic (exact) mass is 243 g/mol. The summed E-state index contributed by atoms with van der Waals surface area (Å²) in [7, 11) is 7.36. The third-order valence-electron chi connectivity index (χ3n) is 1.13. The van der Waals surface area contributed by atoms with Crippen molar-refractivity contribution in [3.63, 3.8) is 0 Å². The molecule has 0 saturated heterocycles. The second kappa shape index (κ2) is 5.03. The maximum absolute atomic E-state index is 11.2. The summed E-state index contributed by atoms with van der Waals surface area (Å²) in [5.74, 6) is 0.